The lowest BCUT2D eigenvalue weighted by atomic mass is 10.2. The SMILES string of the molecule is O=C(CCl)N1CCN(C(=O)Cc2ccsc2)CC1. The fraction of sp³-hybridized carbons (Fsp3) is 0.500. The summed E-state index contributed by atoms with van der Waals surface area (Å²) in [4.78, 5) is 26.9. The lowest BCUT2D eigenvalue weighted by Gasteiger charge is -2.34. The Labute approximate surface area is 115 Å². The Bertz CT molecular complexity index is 414. The van der Waals surface area contributed by atoms with Crippen LogP contribution >= 0.6 is 22.9 Å². The second-order valence-corrected chi connectivity index (χ2v) is 5.25. The quantitative estimate of drug-likeness (QED) is 0.784. The molecule has 18 heavy (non-hydrogen) atoms. The molecule has 1 saturated heterocycles. The molecule has 0 aromatic carbocycles. The summed E-state index contributed by atoms with van der Waals surface area (Å²) in [6, 6.07) is 1.97. The molecule has 1 aromatic rings. The molecule has 1 fully saturated rings. The second kappa shape index (κ2) is 6.20. The number of thiophene rings is 1. The number of piperazine rings is 1. The predicted octanol–water partition coefficient (Wildman–Crippen LogP) is 1.20. The van der Waals surface area contributed by atoms with E-state index < -0.39 is 0 Å². The molecule has 0 atom stereocenters. The summed E-state index contributed by atoms with van der Waals surface area (Å²) in [7, 11) is 0. The van der Waals surface area contributed by atoms with Crippen LogP contribution in [-0.4, -0.2) is 53.7 Å². The second-order valence-electron chi connectivity index (χ2n) is 4.20. The number of hydrogen-bond donors (Lipinski definition) is 0. The third-order valence-corrected chi connectivity index (χ3v) is 4.00. The largest absolute Gasteiger partial charge is 0.339 e. The fourth-order valence-electron chi connectivity index (χ4n) is 1.97. The molecule has 0 radical (unpaired) electrons. The summed E-state index contributed by atoms with van der Waals surface area (Å²) < 4.78 is 0. The molecule has 4 nitrogen and oxygen atoms in total. The van der Waals surface area contributed by atoms with Crippen LogP contribution in [0.4, 0.5) is 0 Å². The van der Waals surface area contributed by atoms with Crippen LogP contribution in [0.1, 0.15) is 5.56 Å². The fourth-order valence-corrected chi connectivity index (χ4v) is 2.81. The van der Waals surface area contributed by atoms with Gasteiger partial charge in [-0.05, 0) is 22.4 Å². The molecule has 0 bridgehead atoms. The van der Waals surface area contributed by atoms with Crippen molar-refractivity contribution in [3.05, 3.63) is 22.4 Å². The van der Waals surface area contributed by atoms with Gasteiger partial charge in [0.2, 0.25) is 11.8 Å². The number of hydrogen-bond acceptors (Lipinski definition) is 3. The van der Waals surface area contributed by atoms with Crippen molar-refractivity contribution in [3.63, 3.8) is 0 Å². The molecule has 2 rings (SSSR count). The Hall–Kier alpha value is -1.07. The maximum Gasteiger partial charge on any atom is 0.237 e. The minimum Gasteiger partial charge on any atom is -0.339 e. The van der Waals surface area contributed by atoms with Crippen LogP contribution in [0.25, 0.3) is 0 Å². The van der Waals surface area contributed by atoms with Gasteiger partial charge in [0.05, 0.1) is 6.42 Å². The molecule has 98 valence electrons. The van der Waals surface area contributed by atoms with E-state index in [1.165, 1.54) is 0 Å². The van der Waals surface area contributed by atoms with E-state index in [1.807, 2.05) is 21.7 Å². The van der Waals surface area contributed by atoms with E-state index in [-0.39, 0.29) is 17.7 Å². The monoisotopic (exact) mass is 286 g/mol. The van der Waals surface area contributed by atoms with E-state index in [0.717, 1.165) is 5.56 Å². The standard InChI is InChI=1S/C12H15ClN2O2S/c13-8-12(17)15-4-2-14(3-5-15)11(16)7-10-1-6-18-9-10/h1,6,9H,2-5,7-8H2. The summed E-state index contributed by atoms with van der Waals surface area (Å²) in [5, 5.41) is 3.96. The van der Waals surface area contributed by atoms with Gasteiger partial charge in [0.15, 0.2) is 0 Å². The van der Waals surface area contributed by atoms with Gasteiger partial charge in [-0.15, -0.1) is 11.6 Å². The van der Waals surface area contributed by atoms with Gasteiger partial charge in [-0.3, -0.25) is 9.59 Å². The van der Waals surface area contributed by atoms with Crippen LogP contribution in [0.5, 0.6) is 0 Å². The minimum absolute atomic E-state index is 0.0167. The number of alkyl halides is 1. The first-order chi connectivity index (χ1) is 8.70. The topological polar surface area (TPSA) is 40.6 Å². The van der Waals surface area contributed by atoms with Crippen molar-refractivity contribution in [2.75, 3.05) is 32.1 Å². The first kappa shape index (κ1) is 13.4. The lowest BCUT2D eigenvalue weighted by Crippen LogP contribution is -2.51. The van der Waals surface area contributed by atoms with E-state index in [9.17, 15) is 9.59 Å². The van der Waals surface area contributed by atoms with Crippen LogP contribution in [0.3, 0.4) is 0 Å². The first-order valence-electron chi connectivity index (χ1n) is 5.83. The van der Waals surface area contributed by atoms with Gasteiger partial charge >= 0.3 is 0 Å². The summed E-state index contributed by atoms with van der Waals surface area (Å²) in [5.74, 6) is 0.0935. The highest BCUT2D eigenvalue weighted by Gasteiger charge is 2.23. The zero-order chi connectivity index (χ0) is 13.0. The third kappa shape index (κ3) is 3.23. The Morgan fingerprint density at radius 2 is 1.78 bits per heavy atom. The molecule has 0 unspecified atom stereocenters. The van der Waals surface area contributed by atoms with Gasteiger partial charge in [-0.2, -0.15) is 11.3 Å². The molecule has 1 aromatic heterocycles. The van der Waals surface area contributed by atoms with Crippen LogP contribution in [0.15, 0.2) is 16.8 Å². The Morgan fingerprint density at radius 3 is 2.28 bits per heavy atom. The van der Waals surface area contributed by atoms with Crippen molar-refractivity contribution in [3.8, 4) is 0 Å². The van der Waals surface area contributed by atoms with Gasteiger partial charge in [-0.25, -0.2) is 0 Å². The number of rotatable bonds is 3. The molecular formula is C12H15ClN2O2S. The van der Waals surface area contributed by atoms with E-state index in [0.29, 0.717) is 32.6 Å². The zero-order valence-corrected chi connectivity index (χ0v) is 11.5. The van der Waals surface area contributed by atoms with Crippen molar-refractivity contribution < 1.29 is 9.59 Å². The number of halogens is 1. The lowest BCUT2D eigenvalue weighted by molar-refractivity contribution is -0.137. The maximum atomic E-state index is 12.0. The molecular weight excluding hydrogens is 272 g/mol. The number of amides is 2. The van der Waals surface area contributed by atoms with Crippen molar-refractivity contribution in [1.29, 1.82) is 0 Å². The normalized spacial score (nSPS) is 15.8. The highest BCUT2D eigenvalue weighted by Crippen LogP contribution is 2.10. The molecule has 2 heterocycles. The van der Waals surface area contributed by atoms with E-state index in [1.54, 1.807) is 16.2 Å². The van der Waals surface area contributed by atoms with Crippen molar-refractivity contribution in [2.45, 2.75) is 6.42 Å². The van der Waals surface area contributed by atoms with E-state index in [2.05, 4.69) is 0 Å². The van der Waals surface area contributed by atoms with Gasteiger partial charge in [0.25, 0.3) is 0 Å². The first-order valence-corrected chi connectivity index (χ1v) is 7.31. The summed E-state index contributed by atoms with van der Waals surface area (Å²) in [6.45, 7) is 2.37. The predicted molar refractivity (Wildman–Crippen MR) is 71.9 cm³/mol. The third-order valence-electron chi connectivity index (χ3n) is 3.03. The van der Waals surface area contributed by atoms with E-state index in [4.69, 9.17) is 11.6 Å². The van der Waals surface area contributed by atoms with E-state index >= 15 is 0 Å². The summed E-state index contributed by atoms with van der Waals surface area (Å²) >= 11 is 7.11. The average Bonchev–Trinajstić information content (AvgIpc) is 2.91. The molecule has 0 N–H and O–H groups in total. The van der Waals surface area contributed by atoms with Crippen LogP contribution in [0.2, 0.25) is 0 Å². The maximum absolute atomic E-state index is 12.0. The molecule has 2 amide bonds. The Kier molecular flexibility index (Phi) is 4.60. The van der Waals surface area contributed by atoms with Crippen molar-refractivity contribution in [1.82, 2.24) is 9.80 Å². The number of nitrogens with zero attached hydrogens (tertiary/aromatic N) is 2. The van der Waals surface area contributed by atoms with Gasteiger partial charge in [0.1, 0.15) is 5.88 Å². The minimum atomic E-state index is -0.0541. The smallest absolute Gasteiger partial charge is 0.237 e. The Morgan fingerprint density at radius 1 is 1.17 bits per heavy atom. The van der Waals surface area contributed by atoms with Gasteiger partial charge < -0.3 is 9.80 Å². The van der Waals surface area contributed by atoms with Crippen LogP contribution in [-0.2, 0) is 16.0 Å². The Balaban J connectivity index is 1.82. The van der Waals surface area contributed by atoms with Crippen LogP contribution < -0.4 is 0 Å². The summed E-state index contributed by atoms with van der Waals surface area (Å²) in [6.07, 6.45) is 0.451. The number of carbonyl (C=O) groups excluding carboxylic acids is 2. The van der Waals surface area contributed by atoms with Gasteiger partial charge in [0, 0.05) is 26.2 Å². The van der Waals surface area contributed by atoms with Gasteiger partial charge in [-0.1, -0.05) is 0 Å². The summed E-state index contributed by atoms with van der Waals surface area (Å²) in [5.41, 5.74) is 1.06. The molecule has 1 aliphatic rings. The van der Waals surface area contributed by atoms with Crippen molar-refractivity contribution >= 4 is 34.8 Å². The highest BCUT2D eigenvalue weighted by atomic mass is 35.5. The zero-order valence-electron chi connectivity index (χ0n) is 9.97. The molecule has 0 saturated carbocycles. The number of carbonyl (C=O) groups is 2. The van der Waals surface area contributed by atoms with Crippen LogP contribution in [0, 0.1) is 0 Å². The molecule has 0 spiro atoms. The average molecular weight is 287 g/mol. The molecule has 0 aliphatic carbocycles. The van der Waals surface area contributed by atoms with Crippen molar-refractivity contribution in [2.24, 2.45) is 0 Å². The molecule has 6 heteroatoms. The highest BCUT2D eigenvalue weighted by molar-refractivity contribution is 7.07. The molecule has 1 aliphatic heterocycles.